The Morgan fingerprint density at radius 2 is 2.10 bits per heavy atom. The number of rotatable bonds is 4. The molecule has 1 aromatic rings. The van der Waals surface area contributed by atoms with Crippen LogP contribution in [-0.2, 0) is 6.18 Å². The maximum atomic E-state index is 12.9. The first-order valence-electron chi connectivity index (χ1n) is 6.95. The molecule has 1 aliphatic carbocycles. The summed E-state index contributed by atoms with van der Waals surface area (Å²) in [4.78, 5) is 10.9. The maximum Gasteiger partial charge on any atom is 0.417 e. The first-order chi connectivity index (χ1) is 9.77. The normalized spacial score (nSPS) is 22.3. The molecule has 0 radical (unpaired) electrons. The van der Waals surface area contributed by atoms with Crippen molar-refractivity contribution < 1.29 is 23.1 Å². The molecule has 0 heterocycles. The Hall–Kier alpha value is -1.72. The van der Waals surface area contributed by atoms with Crippen LogP contribution in [0, 0.1) is 11.8 Å². The summed E-state index contributed by atoms with van der Waals surface area (Å²) in [5.74, 6) is -0.441. The molecule has 116 valence electrons. The number of hydrogen-bond donors (Lipinski definition) is 2. The van der Waals surface area contributed by atoms with Crippen LogP contribution in [0.15, 0.2) is 18.2 Å². The monoisotopic (exact) mass is 301 g/mol. The third-order valence-corrected chi connectivity index (χ3v) is 3.95. The van der Waals surface area contributed by atoms with Crippen molar-refractivity contribution in [2.45, 2.75) is 32.4 Å². The van der Waals surface area contributed by atoms with E-state index in [0.29, 0.717) is 24.1 Å². The molecule has 0 spiro atoms. The fourth-order valence-electron chi connectivity index (χ4n) is 2.85. The van der Waals surface area contributed by atoms with E-state index >= 15 is 0 Å². The van der Waals surface area contributed by atoms with Gasteiger partial charge in [0.1, 0.15) is 0 Å². The number of carbonyl (C=O) groups is 1. The van der Waals surface area contributed by atoms with Gasteiger partial charge >= 0.3 is 12.1 Å². The standard InChI is InChI=1S/C15H18F3NO2/c1-9-2-3-10(6-9)8-19-11-4-5-12(14(20)21)13(7-11)15(16,17)18/h4-5,7,9-10,19H,2-3,6,8H2,1H3,(H,20,21). The summed E-state index contributed by atoms with van der Waals surface area (Å²) >= 11 is 0. The number of benzene rings is 1. The molecule has 0 bridgehead atoms. The van der Waals surface area contributed by atoms with E-state index in [4.69, 9.17) is 5.11 Å². The predicted octanol–water partition coefficient (Wildman–Crippen LogP) is 4.25. The molecule has 0 aromatic heterocycles. The molecular formula is C15H18F3NO2. The fraction of sp³-hybridized carbons (Fsp3) is 0.533. The van der Waals surface area contributed by atoms with Crippen molar-refractivity contribution in [2.24, 2.45) is 11.8 Å². The van der Waals surface area contributed by atoms with E-state index in [1.165, 1.54) is 6.07 Å². The van der Waals surface area contributed by atoms with Gasteiger partial charge in [0.15, 0.2) is 0 Å². The summed E-state index contributed by atoms with van der Waals surface area (Å²) in [6.07, 6.45) is -1.37. The SMILES string of the molecule is CC1CCC(CNc2ccc(C(=O)O)c(C(F)(F)F)c2)C1. The van der Waals surface area contributed by atoms with Crippen LogP contribution >= 0.6 is 0 Å². The maximum absolute atomic E-state index is 12.9. The summed E-state index contributed by atoms with van der Waals surface area (Å²) in [6.45, 7) is 2.79. The second kappa shape index (κ2) is 5.95. The largest absolute Gasteiger partial charge is 0.478 e. The molecule has 2 N–H and O–H groups in total. The minimum absolute atomic E-state index is 0.312. The van der Waals surface area contributed by atoms with Gasteiger partial charge in [0.2, 0.25) is 0 Å². The van der Waals surface area contributed by atoms with Crippen LogP contribution in [-0.4, -0.2) is 17.6 Å². The molecule has 1 saturated carbocycles. The molecule has 6 heteroatoms. The number of carboxylic acids is 1. The smallest absolute Gasteiger partial charge is 0.417 e. The number of halogens is 3. The van der Waals surface area contributed by atoms with Gasteiger partial charge in [-0.05, 0) is 42.9 Å². The second-order valence-electron chi connectivity index (χ2n) is 5.73. The molecule has 3 nitrogen and oxygen atoms in total. The zero-order valence-electron chi connectivity index (χ0n) is 11.7. The summed E-state index contributed by atoms with van der Waals surface area (Å²) in [5.41, 5.74) is -1.52. The number of nitrogens with one attached hydrogen (secondary N) is 1. The zero-order chi connectivity index (χ0) is 15.6. The average molecular weight is 301 g/mol. The predicted molar refractivity (Wildman–Crippen MR) is 73.4 cm³/mol. The molecule has 1 fully saturated rings. The van der Waals surface area contributed by atoms with E-state index in [-0.39, 0.29) is 0 Å². The Morgan fingerprint density at radius 3 is 2.62 bits per heavy atom. The Labute approximate surface area is 121 Å². The highest BCUT2D eigenvalue weighted by Crippen LogP contribution is 2.34. The quantitative estimate of drug-likeness (QED) is 0.874. The van der Waals surface area contributed by atoms with Gasteiger partial charge in [0.05, 0.1) is 11.1 Å². The third kappa shape index (κ3) is 3.89. The highest BCUT2D eigenvalue weighted by Gasteiger charge is 2.35. The van der Waals surface area contributed by atoms with Gasteiger partial charge in [0.25, 0.3) is 0 Å². The van der Waals surface area contributed by atoms with Crippen LogP contribution in [0.1, 0.15) is 42.1 Å². The van der Waals surface area contributed by atoms with Crippen molar-refractivity contribution in [1.82, 2.24) is 0 Å². The lowest BCUT2D eigenvalue weighted by atomic mass is 10.0. The Bertz CT molecular complexity index is 528. The van der Waals surface area contributed by atoms with Gasteiger partial charge in [0, 0.05) is 12.2 Å². The van der Waals surface area contributed by atoms with Crippen molar-refractivity contribution in [3.8, 4) is 0 Å². The highest BCUT2D eigenvalue weighted by molar-refractivity contribution is 5.90. The van der Waals surface area contributed by atoms with Crippen LogP contribution in [0.4, 0.5) is 18.9 Å². The van der Waals surface area contributed by atoms with E-state index in [9.17, 15) is 18.0 Å². The number of aromatic carboxylic acids is 1. The first-order valence-corrected chi connectivity index (χ1v) is 6.95. The van der Waals surface area contributed by atoms with Crippen molar-refractivity contribution in [2.75, 3.05) is 11.9 Å². The Balaban J connectivity index is 2.12. The lowest BCUT2D eigenvalue weighted by Gasteiger charge is -2.15. The first kappa shape index (κ1) is 15.7. The fourth-order valence-corrected chi connectivity index (χ4v) is 2.85. The molecular weight excluding hydrogens is 283 g/mol. The summed E-state index contributed by atoms with van der Waals surface area (Å²) < 4.78 is 38.7. The molecule has 0 amide bonds. The molecule has 2 unspecified atom stereocenters. The molecule has 2 atom stereocenters. The third-order valence-electron chi connectivity index (χ3n) is 3.95. The molecule has 0 saturated heterocycles. The number of alkyl halides is 3. The molecule has 2 rings (SSSR count). The zero-order valence-corrected chi connectivity index (χ0v) is 11.7. The minimum Gasteiger partial charge on any atom is -0.478 e. The number of anilines is 1. The van der Waals surface area contributed by atoms with Crippen molar-refractivity contribution in [1.29, 1.82) is 0 Å². The van der Waals surface area contributed by atoms with E-state index in [1.807, 2.05) is 0 Å². The van der Waals surface area contributed by atoms with Crippen LogP contribution < -0.4 is 5.32 Å². The Morgan fingerprint density at radius 1 is 1.38 bits per heavy atom. The van der Waals surface area contributed by atoms with Gasteiger partial charge in [-0.2, -0.15) is 13.2 Å². The molecule has 1 aliphatic rings. The number of carboxylic acid groups (broad SMARTS) is 1. The Kier molecular flexibility index (Phi) is 4.44. The summed E-state index contributed by atoms with van der Waals surface area (Å²) in [5, 5.41) is 11.8. The van der Waals surface area contributed by atoms with Crippen LogP contribution in [0.5, 0.6) is 0 Å². The second-order valence-corrected chi connectivity index (χ2v) is 5.73. The average Bonchev–Trinajstić information content (AvgIpc) is 2.81. The molecule has 1 aromatic carbocycles. The highest BCUT2D eigenvalue weighted by atomic mass is 19.4. The van der Waals surface area contributed by atoms with Crippen molar-refractivity contribution in [3.05, 3.63) is 29.3 Å². The van der Waals surface area contributed by atoms with Crippen molar-refractivity contribution in [3.63, 3.8) is 0 Å². The van der Waals surface area contributed by atoms with Crippen LogP contribution in [0.2, 0.25) is 0 Å². The van der Waals surface area contributed by atoms with Gasteiger partial charge in [-0.3, -0.25) is 0 Å². The van der Waals surface area contributed by atoms with E-state index in [1.54, 1.807) is 0 Å². The van der Waals surface area contributed by atoms with E-state index < -0.39 is 23.3 Å². The van der Waals surface area contributed by atoms with Crippen LogP contribution in [0.3, 0.4) is 0 Å². The van der Waals surface area contributed by atoms with Crippen molar-refractivity contribution >= 4 is 11.7 Å². The summed E-state index contributed by atoms with van der Waals surface area (Å²) in [6, 6.07) is 3.27. The van der Waals surface area contributed by atoms with E-state index in [0.717, 1.165) is 31.4 Å². The van der Waals surface area contributed by atoms with Gasteiger partial charge in [-0.25, -0.2) is 4.79 Å². The topological polar surface area (TPSA) is 49.3 Å². The van der Waals surface area contributed by atoms with E-state index in [2.05, 4.69) is 12.2 Å². The van der Waals surface area contributed by atoms with Gasteiger partial charge < -0.3 is 10.4 Å². The number of hydrogen-bond acceptors (Lipinski definition) is 2. The molecule has 0 aliphatic heterocycles. The minimum atomic E-state index is -4.67. The van der Waals surface area contributed by atoms with Gasteiger partial charge in [-0.15, -0.1) is 0 Å². The molecule has 21 heavy (non-hydrogen) atoms. The van der Waals surface area contributed by atoms with Gasteiger partial charge in [-0.1, -0.05) is 13.3 Å². The summed E-state index contributed by atoms with van der Waals surface area (Å²) in [7, 11) is 0. The lowest BCUT2D eigenvalue weighted by Crippen LogP contribution is -2.15. The lowest BCUT2D eigenvalue weighted by molar-refractivity contribution is -0.138. The van der Waals surface area contributed by atoms with Crippen LogP contribution in [0.25, 0.3) is 0 Å².